The Kier molecular flexibility index (Phi) is 5.55. The fraction of sp³-hybridized carbons (Fsp3) is 0.238. The summed E-state index contributed by atoms with van der Waals surface area (Å²) in [6, 6.07) is 17.1. The zero-order valence-corrected chi connectivity index (χ0v) is 16.0. The normalized spacial score (nSPS) is 14.1. The maximum atomic E-state index is 12.2. The predicted octanol–water partition coefficient (Wildman–Crippen LogP) is 3.53. The van der Waals surface area contributed by atoms with Gasteiger partial charge in [0.05, 0.1) is 13.2 Å². The molecular weight excluding hydrogens is 376 g/mol. The standard InChI is InChI=1S/C21H20N2O4S/c24-20(14-27-21(25)19-13-15-3-1-2-4-18(15)28-19)22-16-5-7-17(8-6-16)23-9-11-26-12-10-23/h1-8,13H,9-12,14H2,(H,22,24). The van der Waals surface area contributed by atoms with Crippen LogP contribution >= 0.6 is 11.3 Å². The van der Waals surface area contributed by atoms with E-state index in [9.17, 15) is 9.59 Å². The second-order valence-electron chi connectivity index (χ2n) is 6.42. The van der Waals surface area contributed by atoms with Crippen LogP contribution in [0.4, 0.5) is 11.4 Å². The number of ether oxygens (including phenoxy) is 2. The number of carbonyl (C=O) groups is 2. The van der Waals surface area contributed by atoms with Gasteiger partial charge >= 0.3 is 5.97 Å². The van der Waals surface area contributed by atoms with Gasteiger partial charge in [0.15, 0.2) is 6.61 Å². The van der Waals surface area contributed by atoms with Gasteiger partial charge in [-0.05, 0) is 41.8 Å². The van der Waals surface area contributed by atoms with Gasteiger partial charge in [-0.3, -0.25) is 4.79 Å². The molecule has 6 nitrogen and oxygen atoms in total. The average molecular weight is 396 g/mol. The molecule has 3 aromatic rings. The van der Waals surface area contributed by atoms with Gasteiger partial charge in [0.1, 0.15) is 4.88 Å². The molecule has 0 radical (unpaired) electrons. The van der Waals surface area contributed by atoms with Crippen molar-refractivity contribution in [3.8, 4) is 0 Å². The molecule has 1 saturated heterocycles. The Hall–Kier alpha value is -2.90. The molecule has 28 heavy (non-hydrogen) atoms. The largest absolute Gasteiger partial charge is 0.451 e. The Labute approximate surface area is 166 Å². The Balaban J connectivity index is 1.29. The molecule has 4 rings (SSSR count). The van der Waals surface area contributed by atoms with E-state index >= 15 is 0 Å². The fourth-order valence-electron chi connectivity index (χ4n) is 3.06. The number of nitrogens with one attached hydrogen (secondary N) is 1. The second-order valence-corrected chi connectivity index (χ2v) is 7.50. The van der Waals surface area contributed by atoms with E-state index in [1.54, 1.807) is 6.07 Å². The van der Waals surface area contributed by atoms with E-state index < -0.39 is 5.97 Å². The third-order valence-corrected chi connectivity index (χ3v) is 5.58. The summed E-state index contributed by atoms with van der Waals surface area (Å²) in [5.41, 5.74) is 1.76. The zero-order valence-electron chi connectivity index (χ0n) is 15.2. The minimum atomic E-state index is -0.487. The topological polar surface area (TPSA) is 67.9 Å². The van der Waals surface area contributed by atoms with Gasteiger partial charge < -0.3 is 19.7 Å². The summed E-state index contributed by atoms with van der Waals surface area (Å²) >= 11 is 1.36. The van der Waals surface area contributed by atoms with Crippen LogP contribution in [0.5, 0.6) is 0 Å². The van der Waals surface area contributed by atoms with Crippen LogP contribution in [0.2, 0.25) is 0 Å². The molecule has 0 bridgehead atoms. The van der Waals surface area contributed by atoms with Crippen molar-refractivity contribution in [3.05, 3.63) is 59.5 Å². The van der Waals surface area contributed by atoms with Crippen molar-refractivity contribution in [2.24, 2.45) is 0 Å². The highest BCUT2D eigenvalue weighted by Crippen LogP contribution is 2.25. The van der Waals surface area contributed by atoms with Crippen molar-refractivity contribution >= 4 is 44.7 Å². The van der Waals surface area contributed by atoms with Crippen LogP contribution in [0, 0.1) is 0 Å². The molecule has 1 aromatic heterocycles. The first-order valence-electron chi connectivity index (χ1n) is 9.07. The molecule has 0 saturated carbocycles. The van der Waals surface area contributed by atoms with E-state index in [4.69, 9.17) is 9.47 Å². The molecule has 0 atom stereocenters. The van der Waals surface area contributed by atoms with Crippen LogP contribution in [0.25, 0.3) is 10.1 Å². The molecule has 0 aliphatic carbocycles. The lowest BCUT2D eigenvalue weighted by Gasteiger charge is -2.28. The van der Waals surface area contributed by atoms with Crippen LogP contribution in [0.15, 0.2) is 54.6 Å². The molecular formula is C21H20N2O4S. The average Bonchev–Trinajstić information content (AvgIpc) is 3.18. The predicted molar refractivity (Wildman–Crippen MR) is 110 cm³/mol. The smallest absolute Gasteiger partial charge is 0.348 e. The van der Waals surface area contributed by atoms with Crippen LogP contribution in [0.1, 0.15) is 9.67 Å². The molecule has 0 unspecified atom stereocenters. The number of fused-ring (bicyclic) bond motifs is 1. The SMILES string of the molecule is O=C(COC(=O)c1cc2ccccc2s1)Nc1ccc(N2CCOCC2)cc1. The fourth-order valence-corrected chi connectivity index (χ4v) is 4.02. The number of nitrogens with zero attached hydrogens (tertiary/aromatic N) is 1. The first-order chi connectivity index (χ1) is 13.7. The van der Waals surface area contributed by atoms with Gasteiger partial charge in [0.25, 0.3) is 5.91 Å². The quantitative estimate of drug-likeness (QED) is 0.668. The van der Waals surface area contributed by atoms with Crippen LogP contribution < -0.4 is 10.2 Å². The monoisotopic (exact) mass is 396 g/mol. The van der Waals surface area contributed by atoms with Crippen molar-refractivity contribution in [1.29, 1.82) is 0 Å². The zero-order chi connectivity index (χ0) is 19.3. The third kappa shape index (κ3) is 4.32. The van der Waals surface area contributed by atoms with E-state index in [1.165, 1.54) is 11.3 Å². The number of morpholine rings is 1. The van der Waals surface area contributed by atoms with E-state index in [1.807, 2.05) is 48.5 Å². The van der Waals surface area contributed by atoms with Crippen molar-refractivity contribution < 1.29 is 19.1 Å². The number of carbonyl (C=O) groups excluding carboxylic acids is 2. The Morgan fingerprint density at radius 1 is 1.07 bits per heavy atom. The first-order valence-corrected chi connectivity index (χ1v) is 9.89. The van der Waals surface area contributed by atoms with Crippen molar-refractivity contribution in [2.45, 2.75) is 0 Å². The van der Waals surface area contributed by atoms with Crippen molar-refractivity contribution in [3.63, 3.8) is 0 Å². The molecule has 7 heteroatoms. The minimum absolute atomic E-state index is 0.321. The number of hydrogen-bond acceptors (Lipinski definition) is 6. The summed E-state index contributed by atoms with van der Waals surface area (Å²) in [6.07, 6.45) is 0. The third-order valence-electron chi connectivity index (χ3n) is 4.49. The Morgan fingerprint density at radius 3 is 2.57 bits per heavy atom. The van der Waals surface area contributed by atoms with E-state index in [0.29, 0.717) is 10.6 Å². The first kappa shape index (κ1) is 18.5. The van der Waals surface area contributed by atoms with Crippen LogP contribution in [-0.2, 0) is 14.3 Å². The maximum absolute atomic E-state index is 12.2. The van der Waals surface area contributed by atoms with Gasteiger partial charge in [-0.2, -0.15) is 0 Å². The highest BCUT2D eigenvalue weighted by Gasteiger charge is 2.14. The van der Waals surface area contributed by atoms with E-state index in [0.717, 1.165) is 42.1 Å². The summed E-state index contributed by atoms with van der Waals surface area (Å²) in [6.45, 7) is 2.85. The van der Waals surface area contributed by atoms with Gasteiger partial charge in [-0.1, -0.05) is 18.2 Å². The van der Waals surface area contributed by atoms with E-state index in [-0.39, 0.29) is 12.5 Å². The number of hydrogen-bond donors (Lipinski definition) is 1. The summed E-state index contributed by atoms with van der Waals surface area (Å²) in [4.78, 5) is 27.0. The van der Waals surface area contributed by atoms with E-state index in [2.05, 4.69) is 10.2 Å². The number of anilines is 2. The summed E-state index contributed by atoms with van der Waals surface area (Å²) in [7, 11) is 0. The molecule has 2 aromatic carbocycles. The molecule has 1 amide bonds. The molecule has 1 aliphatic heterocycles. The summed E-state index contributed by atoms with van der Waals surface area (Å²) in [5.74, 6) is -0.854. The number of benzene rings is 2. The molecule has 2 heterocycles. The molecule has 1 N–H and O–H groups in total. The molecule has 144 valence electrons. The molecule has 1 aliphatic rings. The lowest BCUT2D eigenvalue weighted by Crippen LogP contribution is -2.36. The molecule has 1 fully saturated rings. The lowest BCUT2D eigenvalue weighted by molar-refractivity contribution is -0.119. The van der Waals surface area contributed by atoms with Gasteiger partial charge in [-0.25, -0.2) is 4.79 Å². The number of esters is 1. The van der Waals surface area contributed by atoms with Gasteiger partial charge in [0, 0.05) is 29.2 Å². The van der Waals surface area contributed by atoms with Crippen LogP contribution in [-0.4, -0.2) is 44.8 Å². The number of thiophene rings is 1. The second kappa shape index (κ2) is 8.41. The number of rotatable bonds is 5. The van der Waals surface area contributed by atoms with Crippen molar-refractivity contribution in [1.82, 2.24) is 0 Å². The Bertz CT molecular complexity index is 944. The van der Waals surface area contributed by atoms with Crippen molar-refractivity contribution in [2.75, 3.05) is 43.1 Å². The highest BCUT2D eigenvalue weighted by molar-refractivity contribution is 7.20. The van der Waals surface area contributed by atoms with Crippen LogP contribution in [0.3, 0.4) is 0 Å². The van der Waals surface area contributed by atoms with Gasteiger partial charge in [0.2, 0.25) is 0 Å². The summed E-state index contributed by atoms with van der Waals surface area (Å²) in [5, 5.41) is 3.74. The minimum Gasteiger partial charge on any atom is -0.451 e. The number of amides is 1. The summed E-state index contributed by atoms with van der Waals surface area (Å²) < 4.78 is 11.5. The van der Waals surface area contributed by atoms with Gasteiger partial charge in [-0.15, -0.1) is 11.3 Å². The lowest BCUT2D eigenvalue weighted by atomic mass is 10.2. The molecule has 0 spiro atoms. The Morgan fingerprint density at radius 2 is 1.82 bits per heavy atom. The maximum Gasteiger partial charge on any atom is 0.348 e. The highest BCUT2D eigenvalue weighted by atomic mass is 32.1.